The number of hydrogen-bond donors (Lipinski definition) is 2. The molecule has 3 aromatic rings. The van der Waals surface area contributed by atoms with Gasteiger partial charge < -0.3 is 11.5 Å². The molecule has 0 bridgehead atoms. The second-order valence-electron chi connectivity index (χ2n) is 6.07. The molecular formula is C16H20N6S. The molecule has 0 spiro atoms. The van der Waals surface area contributed by atoms with E-state index in [9.17, 15) is 0 Å². The van der Waals surface area contributed by atoms with Crippen LogP contribution < -0.4 is 11.5 Å². The van der Waals surface area contributed by atoms with E-state index in [0.717, 1.165) is 34.3 Å². The average Bonchev–Trinajstić information content (AvgIpc) is 3.16. The monoisotopic (exact) mass is 328 g/mol. The van der Waals surface area contributed by atoms with Crippen LogP contribution in [0.15, 0.2) is 12.4 Å². The van der Waals surface area contributed by atoms with Crippen LogP contribution in [0.2, 0.25) is 0 Å². The molecule has 4 rings (SSSR count). The quantitative estimate of drug-likeness (QED) is 0.766. The Hall–Kier alpha value is -1.83. The fourth-order valence-electron chi connectivity index (χ4n) is 3.23. The first kappa shape index (κ1) is 14.7. The molecule has 1 atom stereocenters. The molecule has 0 amide bonds. The number of hydrogen-bond acceptors (Lipinski definition) is 6. The van der Waals surface area contributed by atoms with Crippen molar-refractivity contribution in [3.05, 3.63) is 28.5 Å². The predicted octanol–water partition coefficient (Wildman–Crippen LogP) is 1.93. The molecule has 0 fully saturated rings. The van der Waals surface area contributed by atoms with Crippen LogP contribution in [-0.2, 0) is 19.9 Å². The van der Waals surface area contributed by atoms with Gasteiger partial charge in [-0.2, -0.15) is 5.10 Å². The summed E-state index contributed by atoms with van der Waals surface area (Å²) in [5.74, 6) is 0.683. The molecule has 0 saturated heterocycles. The van der Waals surface area contributed by atoms with Gasteiger partial charge in [0.2, 0.25) is 0 Å². The zero-order valence-electron chi connectivity index (χ0n) is 13.1. The number of rotatable bonds is 3. The van der Waals surface area contributed by atoms with Crippen molar-refractivity contribution in [2.24, 2.45) is 18.5 Å². The Kier molecular flexibility index (Phi) is 3.63. The van der Waals surface area contributed by atoms with Crippen molar-refractivity contribution >= 4 is 21.6 Å². The summed E-state index contributed by atoms with van der Waals surface area (Å²) in [4.78, 5) is 12.0. The Morgan fingerprint density at radius 3 is 2.87 bits per heavy atom. The van der Waals surface area contributed by atoms with Gasteiger partial charge in [0, 0.05) is 30.1 Å². The van der Waals surface area contributed by atoms with Crippen molar-refractivity contribution in [1.82, 2.24) is 19.7 Å². The van der Waals surface area contributed by atoms with Crippen LogP contribution in [0.4, 0.5) is 0 Å². The summed E-state index contributed by atoms with van der Waals surface area (Å²) in [7, 11) is 1.89. The van der Waals surface area contributed by atoms with E-state index < -0.39 is 0 Å². The summed E-state index contributed by atoms with van der Waals surface area (Å²) >= 11 is 1.78. The molecule has 0 saturated carbocycles. The van der Waals surface area contributed by atoms with E-state index in [1.807, 2.05) is 13.2 Å². The first-order valence-corrected chi connectivity index (χ1v) is 8.76. The maximum absolute atomic E-state index is 6.27. The molecule has 1 unspecified atom stereocenters. The molecule has 1 aliphatic rings. The van der Waals surface area contributed by atoms with Crippen molar-refractivity contribution in [3.63, 3.8) is 0 Å². The molecule has 23 heavy (non-hydrogen) atoms. The smallest absolute Gasteiger partial charge is 0.164 e. The third kappa shape index (κ3) is 2.45. The molecule has 3 heterocycles. The molecule has 3 aromatic heterocycles. The van der Waals surface area contributed by atoms with E-state index in [4.69, 9.17) is 21.4 Å². The number of aromatic nitrogens is 4. The van der Waals surface area contributed by atoms with Crippen LogP contribution in [0.1, 0.15) is 35.0 Å². The zero-order valence-corrected chi connectivity index (χ0v) is 13.9. The minimum absolute atomic E-state index is 0.267. The fraction of sp³-hybridized carbons (Fsp3) is 0.438. The molecule has 1 aliphatic carbocycles. The summed E-state index contributed by atoms with van der Waals surface area (Å²) < 4.78 is 1.75. The van der Waals surface area contributed by atoms with Gasteiger partial charge in [0.15, 0.2) is 5.82 Å². The molecule has 6 nitrogen and oxygen atoms in total. The predicted molar refractivity (Wildman–Crippen MR) is 92.2 cm³/mol. The van der Waals surface area contributed by atoms with Crippen LogP contribution in [0.25, 0.3) is 21.6 Å². The van der Waals surface area contributed by atoms with Crippen molar-refractivity contribution in [1.29, 1.82) is 0 Å². The molecule has 120 valence electrons. The Balaban J connectivity index is 1.97. The largest absolute Gasteiger partial charge is 0.329 e. The van der Waals surface area contributed by atoms with E-state index in [0.29, 0.717) is 12.4 Å². The lowest BCUT2D eigenvalue weighted by atomic mass is 9.95. The van der Waals surface area contributed by atoms with Crippen molar-refractivity contribution < 1.29 is 0 Å². The lowest BCUT2D eigenvalue weighted by Gasteiger charge is -2.15. The highest BCUT2D eigenvalue weighted by Crippen LogP contribution is 2.38. The van der Waals surface area contributed by atoms with E-state index in [-0.39, 0.29) is 6.04 Å². The van der Waals surface area contributed by atoms with Crippen LogP contribution >= 0.6 is 11.3 Å². The van der Waals surface area contributed by atoms with Crippen LogP contribution in [-0.4, -0.2) is 26.3 Å². The highest BCUT2D eigenvalue weighted by molar-refractivity contribution is 7.18. The SMILES string of the molecule is Cn1cc(-c2nc(C(N)CN)c3c4c(sc3n2)CCCC4)cn1. The van der Waals surface area contributed by atoms with Gasteiger partial charge in [0.05, 0.1) is 23.5 Å². The second-order valence-corrected chi connectivity index (χ2v) is 7.15. The van der Waals surface area contributed by atoms with Gasteiger partial charge in [0.1, 0.15) is 4.83 Å². The van der Waals surface area contributed by atoms with Gasteiger partial charge in [-0.3, -0.25) is 4.68 Å². The maximum Gasteiger partial charge on any atom is 0.164 e. The Labute approximate surface area is 138 Å². The van der Waals surface area contributed by atoms with Gasteiger partial charge >= 0.3 is 0 Å². The topological polar surface area (TPSA) is 95.6 Å². The van der Waals surface area contributed by atoms with Crippen LogP contribution in [0, 0.1) is 0 Å². The Morgan fingerprint density at radius 1 is 1.30 bits per heavy atom. The highest BCUT2D eigenvalue weighted by atomic mass is 32.1. The zero-order chi connectivity index (χ0) is 16.0. The van der Waals surface area contributed by atoms with Gasteiger partial charge in [-0.15, -0.1) is 11.3 Å². The van der Waals surface area contributed by atoms with Crippen LogP contribution in [0.3, 0.4) is 0 Å². The van der Waals surface area contributed by atoms with E-state index in [1.54, 1.807) is 22.2 Å². The average molecular weight is 328 g/mol. The minimum Gasteiger partial charge on any atom is -0.329 e. The first-order valence-electron chi connectivity index (χ1n) is 7.94. The second kappa shape index (κ2) is 5.67. The molecule has 0 radical (unpaired) electrons. The van der Waals surface area contributed by atoms with Crippen molar-refractivity contribution in [3.8, 4) is 11.4 Å². The van der Waals surface area contributed by atoms with Gasteiger partial charge in [0.25, 0.3) is 0 Å². The molecule has 0 aromatic carbocycles. The summed E-state index contributed by atoms with van der Waals surface area (Å²) in [6.07, 6.45) is 8.41. The molecule has 0 aliphatic heterocycles. The molecule has 7 heteroatoms. The first-order chi connectivity index (χ1) is 11.2. The summed E-state index contributed by atoms with van der Waals surface area (Å²) in [5, 5.41) is 5.37. The van der Waals surface area contributed by atoms with Gasteiger partial charge in [-0.05, 0) is 31.2 Å². The number of thiophene rings is 1. The van der Waals surface area contributed by atoms with E-state index >= 15 is 0 Å². The maximum atomic E-state index is 6.27. The third-order valence-electron chi connectivity index (χ3n) is 4.41. The number of fused-ring (bicyclic) bond motifs is 3. The van der Waals surface area contributed by atoms with Crippen LogP contribution in [0.5, 0.6) is 0 Å². The number of aryl methyl sites for hydroxylation is 3. The Bertz CT molecular complexity index is 865. The minimum atomic E-state index is -0.267. The fourth-order valence-corrected chi connectivity index (χ4v) is 4.50. The van der Waals surface area contributed by atoms with E-state index in [2.05, 4.69) is 5.10 Å². The van der Waals surface area contributed by atoms with E-state index in [1.165, 1.54) is 23.3 Å². The third-order valence-corrected chi connectivity index (χ3v) is 5.60. The molecular weight excluding hydrogens is 308 g/mol. The standard InChI is InChI=1S/C16H20N6S/c1-22-8-9(7-19-22)15-20-14(11(18)6-17)13-10-4-2-3-5-12(10)23-16(13)21-15/h7-8,11H,2-6,17-18H2,1H3. The summed E-state index contributed by atoms with van der Waals surface area (Å²) in [6, 6.07) is -0.267. The van der Waals surface area contributed by atoms with Crippen molar-refractivity contribution in [2.75, 3.05) is 6.54 Å². The van der Waals surface area contributed by atoms with Crippen molar-refractivity contribution in [2.45, 2.75) is 31.7 Å². The highest BCUT2D eigenvalue weighted by Gasteiger charge is 2.23. The Morgan fingerprint density at radius 2 is 2.13 bits per heavy atom. The summed E-state index contributed by atoms with van der Waals surface area (Å²) in [5.41, 5.74) is 15.3. The molecule has 4 N–H and O–H groups in total. The number of nitrogens with two attached hydrogens (primary N) is 2. The lowest BCUT2D eigenvalue weighted by molar-refractivity contribution is 0.693. The number of nitrogens with zero attached hydrogens (tertiary/aromatic N) is 4. The van der Waals surface area contributed by atoms with Gasteiger partial charge in [-0.25, -0.2) is 9.97 Å². The normalized spacial score (nSPS) is 15.8. The summed E-state index contributed by atoms with van der Waals surface area (Å²) in [6.45, 7) is 0.378. The van der Waals surface area contributed by atoms with Gasteiger partial charge in [-0.1, -0.05) is 0 Å². The lowest BCUT2D eigenvalue weighted by Crippen LogP contribution is -2.22.